The van der Waals surface area contributed by atoms with E-state index in [1.165, 1.54) is 12.4 Å². The summed E-state index contributed by atoms with van der Waals surface area (Å²) in [5, 5.41) is 11.2. The van der Waals surface area contributed by atoms with E-state index in [0.717, 1.165) is 12.2 Å². The molecule has 2 rings (SSSR count). The Balaban J connectivity index is 1.90. The minimum Gasteiger partial charge on any atom is -0.318 e. The van der Waals surface area contributed by atoms with Gasteiger partial charge in [-0.15, -0.1) is 0 Å². The van der Waals surface area contributed by atoms with Gasteiger partial charge in [0.15, 0.2) is 0 Å². The van der Waals surface area contributed by atoms with Crippen molar-refractivity contribution in [2.24, 2.45) is 7.05 Å². The first-order valence-corrected chi connectivity index (χ1v) is 8.15. The number of rotatable bonds is 8. The van der Waals surface area contributed by atoms with Crippen molar-refractivity contribution >= 4 is 10.0 Å². The first kappa shape index (κ1) is 15.7. The molecule has 0 atom stereocenters. The average molecular weight is 312 g/mol. The number of sulfonamides is 1. The highest BCUT2D eigenvalue weighted by Crippen LogP contribution is 2.06. The minimum absolute atomic E-state index is 0.180. The lowest BCUT2D eigenvalue weighted by Gasteiger charge is -2.03. The van der Waals surface area contributed by atoms with Gasteiger partial charge in [0.1, 0.15) is 4.90 Å². The van der Waals surface area contributed by atoms with Crippen LogP contribution in [-0.2, 0) is 30.0 Å². The molecule has 2 N–H and O–H groups in total. The highest BCUT2D eigenvalue weighted by molar-refractivity contribution is 7.89. The van der Waals surface area contributed by atoms with Gasteiger partial charge in [0.2, 0.25) is 10.0 Å². The first-order valence-electron chi connectivity index (χ1n) is 6.66. The Kier molecular flexibility index (Phi) is 5.10. The summed E-state index contributed by atoms with van der Waals surface area (Å²) in [6.07, 6.45) is 5.27. The lowest BCUT2D eigenvalue weighted by Crippen LogP contribution is -2.26. The standard InChI is InChI=1S/C12H20N6O2S/c1-13-6-8-18-10-12(9-14-18)21(19,20)15-5-3-11-4-7-17(2)16-11/h4,7,9-10,13,15H,3,5-6,8H2,1-2H3. The minimum atomic E-state index is -3.52. The molecule has 0 aliphatic carbocycles. The van der Waals surface area contributed by atoms with Crippen molar-refractivity contribution in [1.29, 1.82) is 0 Å². The third-order valence-electron chi connectivity index (χ3n) is 2.95. The molecule has 0 saturated carbocycles. The largest absolute Gasteiger partial charge is 0.318 e. The number of aryl methyl sites for hydroxylation is 1. The lowest BCUT2D eigenvalue weighted by atomic mass is 10.3. The summed E-state index contributed by atoms with van der Waals surface area (Å²) in [6.45, 7) is 1.66. The molecule has 0 aliphatic rings. The zero-order valence-corrected chi connectivity index (χ0v) is 13.0. The van der Waals surface area contributed by atoms with Crippen LogP contribution in [0.4, 0.5) is 0 Å². The van der Waals surface area contributed by atoms with Crippen molar-refractivity contribution in [3.05, 3.63) is 30.4 Å². The zero-order valence-electron chi connectivity index (χ0n) is 12.2. The Hall–Kier alpha value is -1.71. The molecule has 116 valence electrons. The Morgan fingerprint density at radius 2 is 2.14 bits per heavy atom. The van der Waals surface area contributed by atoms with Crippen molar-refractivity contribution in [2.75, 3.05) is 20.1 Å². The van der Waals surface area contributed by atoms with E-state index >= 15 is 0 Å². The van der Waals surface area contributed by atoms with Crippen molar-refractivity contribution in [3.8, 4) is 0 Å². The molecule has 8 nitrogen and oxygen atoms in total. The van der Waals surface area contributed by atoms with E-state index in [1.807, 2.05) is 26.4 Å². The average Bonchev–Trinajstić information content (AvgIpc) is 3.06. The number of nitrogens with zero attached hydrogens (tertiary/aromatic N) is 4. The maximum absolute atomic E-state index is 12.1. The van der Waals surface area contributed by atoms with E-state index in [1.54, 1.807) is 9.36 Å². The van der Waals surface area contributed by atoms with Crippen molar-refractivity contribution in [3.63, 3.8) is 0 Å². The maximum Gasteiger partial charge on any atom is 0.243 e. The van der Waals surface area contributed by atoms with Gasteiger partial charge in [-0.3, -0.25) is 9.36 Å². The second-order valence-electron chi connectivity index (χ2n) is 4.67. The van der Waals surface area contributed by atoms with Crippen molar-refractivity contribution < 1.29 is 8.42 Å². The van der Waals surface area contributed by atoms with E-state index in [4.69, 9.17) is 0 Å². The maximum atomic E-state index is 12.1. The van der Waals surface area contributed by atoms with E-state index in [0.29, 0.717) is 19.5 Å². The predicted octanol–water partition coefficient (Wildman–Crippen LogP) is -0.643. The first-order chi connectivity index (χ1) is 10.0. The molecule has 2 heterocycles. The van der Waals surface area contributed by atoms with Gasteiger partial charge in [-0.25, -0.2) is 13.1 Å². The van der Waals surface area contributed by atoms with Crippen LogP contribution < -0.4 is 10.0 Å². The quantitative estimate of drug-likeness (QED) is 0.676. The summed E-state index contributed by atoms with van der Waals surface area (Å²) in [5.74, 6) is 0. The molecule has 0 bridgehead atoms. The highest BCUT2D eigenvalue weighted by Gasteiger charge is 2.16. The third kappa shape index (κ3) is 4.38. The van der Waals surface area contributed by atoms with Gasteiger partial charge in [-0.05, 0) is 13.1 Å². The molecule has 2 aromatic rings. The highest BCUT2D eigenvalue weighted by atomic mass is 32.2. The van der Waals surface area contributed by atoms with Crippen LogP contribution >= 0.6 is 0 Å². The number of aromatic nitrogens is 4. The van der Waals surface area contributed by atoms with Gasteiger partial charge >= 0.3 is 0 Å². The Bertz CT molecular complexity index is 675. The van der Waals surface area contributed by atoms with Crippen LogP contribution in [-0.4, -0.2) is 48.1 Å². The molecule has 0 saturated heterocycles. The summed E-state index contributed by atoms with van der Waals surface area (Å²) < 4.78 is 30.1. The number of likely N-dealkylation sites (N-methyl/N-ethyl adjacent to an activating group) is 1. The summed E-state index contributed by atoms with van der Waals surface area (Å²) in [4.78, 5) is 0.180. The Morgan fingerprint density at radius 3 is 2.81 bits per heavy atom. The van der Waals surface area contributed by atoms with E-state index in [9.17, 15) is 8.42 Å². The SMILES string of the molecule is CNCCn1cc(S(=O)(=O)NCCc2ccn(C)n2)cn1. The van der Waals surface area contributed by atoms with Gasteiger partial charge < -0.3 is 5.32 Å². The lowest BCUT2D eigenvalue weighted by molar-refractivity contribution is 0.576. The van der Waals surface area contributed by atoms with Crippen LogP contribution in [0.1, 0.15) is 5.69 Å². The molecule has 0 aliphatic heterocycles. The molecule has 0 aromatic carbocycles. The normalized spacial score (nSPS) is 11.9. The van der Waals surface area contributed by atoms with E-state index in [2.05, 4.69) is 20.2 Å². The van der Waals surface area contributed by atoms with Crippen molar-refractivity contribution in [1.82, 2.24) is 29.6 Å². The van der Waals surface area contributed by atoms with Crippen LogP contribution in [0.15, 0.2) is 29.6 Å². The summed E-state index contributed by atoms with van der Waals surface area (Å²) >= 11 is 0. The molecular weight excluding hydrogens is 292 g/mol. The second kappa shape index (κ2) is 6.83. The number of hydrogen-bond donors (Lipinski definition) is 2. The molecule has 21 heavy (non-hydrogen) atoms. The Morgan fingerprint density at radius 1 is 1.33 bits per heavy atom. The van der Waals surface area contributed by atoms with E-state index in [-0.39, 0.29) is 4.90 Å². The smallest absolute Gasteiger partial charge is 0.243 e. The van der Waals surface area contributed by atoms with Gasteiger partial charge in [-0.2, -0.15) is 10.2 Å². The van der Waals surface area contributed by atoms with E-state index < -0.39 is 10.0 Å². The van der Waals surface area contributed by atoms with Crippen LogP contribution in [0.2, 0.25) is 0 Å². The Labute approximate surface area is 124 Å². The summed E-state index contributed by atoms with van der Waals surface area (Å²) in [5.41, 5.74) is 0.852. The molecule has 0 radical (unpaired) electrons. The van der Waals surface area contributed by atoms with Crippen molar-refractivity contribution in [2.45, 2.75) is 17.9 Å². The van der Waals surface area contributed by atoms with Gasteiger partial charge in [0.05, 0.1) is 18.4 Å². The molecule has 9 heteroatoms. The topological polar surface area (TPSA) is 93.8 Å². The van der Waals surface area contributed by atoms with Gasteiger partial charge in [0.25, 0.3) is 0 Å². The van der Waals surface area contributed by atoms with Crippen LogP contribution in [0, 0.1) is 0 Å². The third-order valence-corrected chi connectivity index (χ3v) is 4.37. The molecule has 2 aromatic heterocycles. The fourth-order valence-corrected chi connectivity index (χ4v) is 2.81. The molecule has 0 fully saturated rings. The molecule has 0 spiro atoms. The molecule has 0 amide bonds. The molecular formula is C12H20N6O2S. The van der Waals surface area contributed by atoms with Gasteiger partial charge in [-0.1, -0.05) is 0 Å². The number of hydrogen-bond acceptors (Lipinski definition) is 5. The fraction of sp³-hybridized carbons (Fsp3) is 0.500. The summed E-state index contributed by atoms with van der Waals surface area (Å²) in [6, 6.07) is 1.87. The summed E-state index contributed by atoms with van der Waals surface area (Å²) in [7, 11) is 0.144. The number of nitrogens with one attached hydrogen (secondary N) is 2. The van der Waals surface area contributed by atoms with Crippen LogP contribution in [0.3, 0.4) is 0 Å². The fourth-order valence-electron chi connectivity index (χ4n) is 1.83. The predicted molar refractivity (Wildman–Crippen MR) is 78.3 cm³/mol. The zero-order chi connectivity index (χ0) is 15.3. The van der Waals surface area contributed by atoms with Crippen LogP contribution in [0.25, 0.3) is 0 Å². The second-order valence-corrected chi connectivity index (χ2v) is 6.44. The monoisotopic (exact) mass is 312 g/mol. The van der Waals surface area contributed by atoms with Gasteiger partial charge in [0, 0.05) is 39.0 Å². The molecule has 0 unspecified atom stereocenters. The van der Waals surface area contributed by atoms with Crippen LogP contribution in [0.5, 0.6) is 0 Å².